The summed E-state index contributed by atoms with van der Waals surface area (Å²) in [5.41, 5.74) is 1.14. The first-order chi connectivity index (χ1) is 13.5. The SMILES string of the molecule is CCOc1ccc(F)c(-c2cc(C)nc([C@H]3CC[C@@]4(CCCNC4=O)N3)n2)c1. The largest absolute Gasteiger partial charge is 0.494 e. The molecule has 148 valence electrons. The molecule has 2 N–H and O–H groups in total. The van der Waals surface area contributed by atoms with E-state index < -0.39 is 5.54 Å². The van der Waals surface area contributed by atoms with Crippen molar-refractivity contribution in [2.24, 2.45) is 0 Å². The average Bonchev–Trinajstić information content (AvgIpc) is 3.11. The van der Waals surface area contributed by atoms with Crippen LogP contribution in [0.5, 0.6) is 5.75 Å². The molecule has 1 spiro atoms. The van der Waals surface area contributed by atoms with E-state index >= 15 is 0 Å². The third-order valence-corrected chi connectivity index (χ3v) is 5.52. The van der Waals surface area contributed by atoms with Crippen LogP contribution in [-0.4, -0.2) is 34.6 Å². The standard InChI is InChI=1S/C21H25FN4O2/c1-3-28-14-5-6-16(22)15(12-14)18-11-13(2)24-19(25-18)17-7-9-21(26-17)8-4-10-23-20(21)27/h5-6,11-12,17,26H,3-4,7-10H2,1-2H3,(H,23,27)/t17-,21-/m1/s1. The number of piperidine rings is 1. The molecular formula is C21H25FN4O2. The van der Waals surface area contributed by atoms with E-state index in [0.717, 1.165) is 37.9 Å². The number of aryl methyl sites for hydroxylation is 1. The fourth-order valence-corrected chi connectivity index (χ4v) is 4.16. The minimum absolute atomic E-state index is 0.0598. The summed E-state index contributed by atoms with van der Waals surface area (Å²) in [6.45, 7) is 5.00. The number of halogens is 1. The second-order valence-corrected chi connectivity index (χ2v) is 7.50. The molecule has 0 bridgehead atoms. The zero-order valence-electron chi connectivity index (χ0n) is 16.2. The predicted molar refractivity (Wildman–Crippen MR) is 103 cm³/mol. The highest BCUT2D eigenvalue weighted by molar-refractivity contribution is 5.87. The first kappa shape index (κ1) is 18.8. The van der Waals surface area contributed by atoms with Gasteiger partial charge in [-0.05, 0) is 63.8 Å². The summed E-state index contributed by atoms with van der Waals surface area (Å²) in [6.07, 6.45) is 3.31. The summed E-state index contributed by atoms with van der Waals surface area (Å²) >= 11 is 0. The van der Waals surface area contributed by atoms with Crippen LogP contribution >= 0.6 is 0 Å². The van der Waals surface area contributed by atoms with Crippen LogP contribution in [0.3, 0.4) is 0 Å². The van der Waals surface area contributed by atoms with E-state index in [1.54, 1.807) is 18.2 Å². The number of nitrogens with zero attached hydrogens (tertiary/aromatic N) is 2. The van der Waals surface area contributed by atoms with Gasteiger partial charge in [0.05, 0.1) is 23.9 Å². The number of carbonyl (C=O) groups excluding carboxylic acids is 1. The summed E-state index contributed by atoms with van der Waals surface area (Å²) in [7, 11) is 0. The Morgan fingerprint density at radius 3 is 2.93 bits per heavy atom. The van der Waals surface area contributed by atoms with E-state index in [1.807, 2.05) is 13.8 Å². The lowest BCUT2D eigenvalue weighted by atomic mass is 9.88. The summed E-state index contributed by atoms with van der Waals surface area (Å²) in [6, 6.07) is 6.33. The lowest BCUT2D eigenvalue weighted by Crippen LogP contribution is -2.57. The Bertz CT molecular complexity index is 904. The number of nitrogens with one attached hydrogen (secondary N) is 2. The minimum Gasteiger partial charge on any atom is -0.494 e. The van der Waals surface area contributed by atoms with Crippen molar-refractivity contribution in [1.29, 1.82) is 0 Å². The zero-order chi connectivity index (χ0) is 19.7. The van der Waals surface area contributed by atoms with Crippen molar-refractivity contribution in [2.75, 3.05) is 13.2 Å². The number of hydrogen-bond donors (Lipinski definition) is 2. The number of rotatable bonds is 4. The van der Waals surface area contributed by atoms with Crippen molar-refractivity contribution in [1.82, 2.24) is 20.6 Å². The van der Waals surface area contributed by atoms with E-state index in [9.17, 15) is 9.18 Å². The van der Waals surface area contributed by atoms with Gasteiger partial charge in [0.15, 0.2) is 0 Å². The lowest BCUT2D eigenvalue weighted by molar-refractivity contribution is -0.129. The van der Waals surface area contributed by atoms with Gasteiger partial charge in [0.25, 0.3) is 0 Å². The molecule has 7 heteroatoms. The Balaban J connectivity index is 1.65. The average molecular weight is 384 g/mol. The van der Waals surface area contributed by atoms with Gasteiger partial charge in [-0.25, -0.2) is 14.4 Å². The molecule has 28 heavy (non-hydrogen) atoms. The van der Waals surface area contributed by atoms with E-state index in [4.69, 9.17) is 4.74 Å². The molecule has 2 saturated heterocycles. The number of ether oxygens (including phenoxy) is 1. The van der Waals surface area contributed by atoms with E-state index in [1.165, 1.54) is 6.07 Å². The number of carbonyl (C=O) groups is 1. The molecule has 4 rings (SSSR count). The Labute approximate surface area is 163 Å². The highest BCUT2D eigenvalue weighted by atomic mass is 19.1. The van der Waals surface area contributed by atoms with Crippen molar-refractivity contribution < 1.29 is 13.9 Å². The molecule has 0 saturated carbocycles. The van der Waals surface area contributed by atoms with Gasteiger partial charge in [-0.2, -0.15) is 0 Å². The van der Waals surface area contributed by atoms with Crippen LogP contribution in [0.1, 0.15) is 50.2 Å². The smallest absolute Gasteiger partial charge is 0.240 e. The van der Waals surface area contributed by atoms with Gasteiger partial charge in [0.1, 0.15) is 17.4 Å². The van der Waals surface area contributed by atoms with Crippen LogP contribution in [-0.2, 0) is 4.79 Å². The van der Waals surface area contributed by atoms with E-state index in [0.29, 0.717) is 29.4 Å². The maximum Gasteiger partial charge on any atom is 0.240 e. The first-order valence-electron chi connectivity index (χ1n) is 9.85. The predicted octanol–water partition coefficient (Wildman–Crippen LogP) is 3.06. The molecule has 0 aliphatic carbocycles. The highest BCUT2D eigenvalue weighted by Gasteiger charge is 2.46. The highest BCUT2D eigenvalue weighted by Crippen LogP contribution is 2.37. The molecule has 1 aromatic heterocycles. The van der Waals surface area contributed by atoms with Crippen LogP contribution < -0.4 is 15.4 Å². The van der Waals surface area contributed by atoms with Gasteiger partial charge >= 0.3 is 0 Å². The molecule has 2 fully saturated rings. The second kappa shape index (κ2) is 7.47. The van der Waals surface area contributed by atoms with Gasteiger partial charge in [0.2, 0.25) is 5.91 Å². The number of benzene rings is 1. The van der Waals surface area contributed by atoms with Crippen LogP contribution in [0.4, 0.5) is 4.39 Å². The molecule has 6 nitrogen and oxygen atoms in total. The van der Waals surface area contributed by atoms with Crippen molar-refractivity contribution in [3.63, 3.8) is 0 Å². The molecule has 3 heterocycles. The molecule has 2 aliphatic rings. The van der Waals surface area contributed by atoms with Crippen LogP contribution in [0.2, 0.25) is 0 Å². The van der Waals surface area contributed by atoms with Gasteiger partial charge < -0.3 is 10.1 Å². The number of hydrogen-bond acceptors (Lipinski definition) is 5. The first-order valence-corrected chi connectivity index (χ1v) is 9.85. The lowest BCUT2D eigenvalue weighted by Gasteiger charge is -2.33. The van der Waals surface area contributed by atoms with Crippen molar-refractivity contribution in [3.8, 4) is 17.0 Å². The number of aromatic nitrogens is 2. The Morgan fingerprint density at radius 2 is 2.14 bits per heavy atom. The van der Waals surface area contributed by atoms with Crippen LogP contribution in [0.15, 0.2) is 24.3 Å². The topological polar surface area (TPSA) is 76.1 Å². The zero-order valence-corrected chi connectivity index (χ0v) is 16.2. The van der Waals surface area contributed by atoms with Crippen molar-refractivity contribution >= 4 is 5.91 Å². The Morgan fingerprint density at radius 1 is 1.29 bits per heavy atom. The molecule has 0 unspecified atom stereocenters. The normalized spacial score (nSPS) is 24.4. The maximum atomic E-state index is 14.5. The van der Waals surface area contributed by atoms with Crippen LogP contribution in [0, 0.1) is 12.7 Å². The molecule has 0 radical (unpaired) electrons. The minimum atomic E-state index is -0.531. The Hall–Kier alpha value is -2.54. The Kier molecular flexibility index (Phi) is 5.02. The molecule has 2 aliphatic heterocycles. The summed E-state index contributed by atoms with van der Waals surface area (Å²) in [5, 5.41) is 6.42. The molecule has 2 atom stereocenters. The van der Waals surface area contributed by atoms with Crippen molar-refractivity contribution in [2.45, 2.75) is 51.1 Å². The van der Waals surface area contributed by atoms with Gasteiger partial charge in [-0.1, -0.05) is 0 Å². The van der Waals surface area contributed by atoms with Gasteiger partial charge in [0, 0.05) is 17.8 Å². The van der Waals surface area contributed by atoms with Gasteiger partial charge in [-0.15, -0.1) is 0 Å². The molecule has 2 aromatic rings. The van der Waals surface area contributed by atoms with E-state index in [2.05, 4.69) is 20.6 Å². The maximum absolute atomic E-state index is 14.5. The summed E-state index contributed by atoms with van der Waals surface area (Å²) < 4.78 is 20.0. The van der Waals surface area contributed by atoms with Gasteiger partial charge in [-0.3, -0.25) is 10.1 Å². The third-order valence-electron chi connectivity index (χ3n) is 5.52. The second-order valence-electron chi connectivity index (χ2n) is 7.50. The quantitative estimate of drug-likeness (QED) is 0.847. The third kappa shape index (κ3) is 3.46. The van der Waals surface area contributed by atoms with E-state index in [-0.39, 0.29) is 17.8 Å². The summed E-state index contributed by atoms with van der Waals surface area (Å²) in [5.74, 6) is 0.916. The molecule has 1 amide bonds. The molecule has 1 aromatic carbocycles. The fraction of sp³-hybridized carbons (Fsp3) is 0.476. The van der Waals surface area contributed by atoms with Crippen molar-refractivity contribution in [3.05, 3.63) is 41.6 Å². The fourth-order valence-electron chi connectivity index (χ4n) is 4.16. The monoisotopic (exact) mass is 384 g/mol. The molecular weight excluding hydrogens is 359 g/mol. The summed E-state index contributed by atoms with van der Waals surface area (Å²) in [4.78, 5) is 21.6. The van der Waals surface area contributed by atoms with Crippen LogP contribution in [0.25, 0.3) is 11.3 Å². The number of amides is 1.